The van der Waals surface area contributed by atoms with Gasteiger partial charge >= 0.3 is 0 Å². The summed E-state index contributed by atoms with van der Waals surface area (Å²) < 4.78 is 6.47. The SMILES string of the molecule is COCCCNC(=O)c1ccc2c(c1)nc(C)c(=O)n2C. The normalized spacial score (nSPS) is 10.8. The number of carbonyl (C=O) groups is 1. The molecule has 0 fully saturated rings. The number of methoxy groups -OCH3 is 1. The lowest BCUT2D eigenvalue weighted by Gasteiger charge is -2.08. The van der Waals surface area contributed by atoms with Crippen molar-refractivity contribution in [1.82, 2.24) is 14.9 Å². The van der Waals surface area contributed by atoms with E-state index in [4.69, 9.17) is 4.74 Å². The van der Waals surface area contributed by atoms with Crippen LogP contribution in [0.3, 0.4) is 0 Å². The maximum absolute atomic E-state index is 12.0. The van der Waals surface area contributed by atoms with Crippen LogP contribution in [0.4, 0.5) is 0 Å². The van der Waals surface area contributed by atoms with Gasteiger partial charge in [0.05, 0.1) is 11.0 Å². The van der Waals surface area contributed by atoms with Crippen molar-refractivity contribution in [2.45, 2.75) is 13.3 Å². The van der Waals surface area contributed by atoms with Crippen molar-refractivity contribution in [3.05, 3.63) is 39.8 Å². The second kappa shape index (κ2) is 6.49. The third-order valence-electron chi connectivity index (χ3n) is 3.31. The summed E-state index contributed by atoms with van der Waals surface area (Å²) in [6, 6.07) is 5.14. The molecule has 112 valence electrons. The Morgan fingerprint density at radius 2 is 2.19 bits per heavy atom. The molecule has 21 heavy (non-hydrogen) atoms. The van der Waals surface area contributed by atoms with Gasteiger partial charge < -0.3 is 14.6 Å². The molecule has 2 aromatic rings. The van der Waals surface area contributed by atoms with Crippen LogP contribution in [0.5, 0.6) is 0 Å². The second-order valence-electron chi connectivity index (χ2n) is 4.87. The molecule has 0 spiro atoms. The van der Waals surface area contributed by atoms with E-state index < -0.39 is 0 Å². The number of aromatic nitrogens is 2. The van der Waals surface area contributed by atoms with E-state index in [0.717, 1.165) is 6.42 Å². The third kappa shape index (κ3) is 3.28. The highest BCUT2D eigenvalue weighted by Gasteiger charge is 2.09. The van der Waals surface area contributed by atoms with Gasteiger partial charge in [-0.15, -0.1) is 0 Å². The van der Waals surface area contributed by atoms with E-state index in [1.165, 1.54) is 4.57 Å². The molecule has 0 radical (unpaired) electrons. The van der Waals surface area contributed by atoms with Crippen LogP contribution < -0.4 is 10.9 Å². The van der Waals surface area contributed by atoms with E-state index in [-0.39, 0.29) is 11.5 Å². The van der Waals surface area contributed by atoms with Crippen LogP contribution in [-0.2, 0) is 11.8 Å². The Labute approximate surface area is 122 Å². The summed E-state index contributed by atoms with van der Waals surface area (Å²) in [5.41, 5.74) is 2.17. The summed E-state index contributed by atoms with van der Waals surface area (Å²) in [5, 5.41) is 2.82. The summed E-state index contributed by atoms with van der Waals surface area (Å²) in [5.74, 6) is -0.152. The number of hydrogen-bond donors (Lipinski definition) is 1. The van der Waals surface area contributed by atoms with Crippen molar-refractivity contribution in [1.29, 1.82) is 0 Å². The molecule has 0 saturated heterocycles. The minimum Gasteiger partial charge on any atom is -0.385 e. The second-order valence-corrected chi connectivity index (χ2v) is 4.87. The number of amides is 1. The molecule has 1 heterocycles. The van der Waals surface area contributed by atoms with Crippen molar-refractivity contribution < 1.29 is 9.53 Å². The molecule has 1 amide bonds. The number of benzene rings is 1. The van der Waals surface area contributed by atoms with Gasteiger partial charge in [0, 0.05) is 32.9 Å². The fourth-order valence-corrected chi connectivity index (χ4v) is 2.14. The summed E-state index contributed by atoms with van der Waals surface area (Å²) in [6.45, 7) is 2.84. The Hall–Kier alpha value is -2.21. The van der Waals surface area contributed by atoms with Crippen LogP contribution in [0.15, 0.2) is 23.0 Å². The number of fused-ring (bicyclic) bond motifs is 1. The Kier molecular flexibility index (Phi) is 4.70. The maximum atomic E-state index is 12.0. The number of aryl methyl sites for hydroxylation is 2. The number of hydrogen-bond acceptors (Lipinski definition) is 4. The zero-order valence-electron chi connectivity index (χ0n) is 12.5. The standard InChI is InChI=1S/C15H19N3O3/c1-10-15(20)18(2)13-6-5-11(9-12(13)17-10)14(19)16-7-4-8-21-3/h5-6,9H,4,7-8H2,1-3H3,(H,16,19). The molecule has 0 unspecified atom stereocenters. The molecule has 1 aromatic heterocycles. The zero-order valence-corrected chi connectivity index (χ0v) is 12.5. The van der Waals surface area contributed by atoms with Gasteiger partial charge in [-0.25, -0.2) is 4.98 Å². The minimum absolute atomic E-state index is 0.126. The molecular formula is C15H19N3O3. The smallest absolute Gasteiger partial charge is 0.272 e. The molecule has 0 saturated carbocycles. The average Bonchev–Trinajstić information content (AvgIpc) is 2.48. The Morgan fingerprint density at radius 1 is 1.43 bits per heavy atom. The lowest BCUT2D eigenvalue weighted by Crippen LogP contribution is -2.25. The van der Waals surface area contributed by atoms with E-state index in [0.29, 0.717) is 35.4 Å². The van der Waals surface area contributed by atoms with Gasteiger partial charge in [0.1, 0.15) is 5.69 Å². The monoisotopic (exact) mass is 289 g/mol. The quantitative estimate of drug-likeness (QED) is 0.834. The predicted octanol–water partition coefficient (Wildman–Crippen LogP) is 1.01. The lowest BCUT2D eigenvalue weighted by atomic mass is 10.1. The van der Waals surface area contributed by atoms with E-state index in [9.17, 15) is 9.59 Å². The molecule has 0 aliphatic heterocycles. The van der Waals surface area contributed by atoms with Gasteiger partial charge in [0.25, 0.3) is 11.5 Å². The molecule has 1 aromatic carbocycles. The maximum Gasteiger partial charge on any atom is 0.272 e. The van der Waals surface area contributed by atoms with Crippen molar-refractivity contribution in [3.8, 4) is 0 Å². The van der Waals surface area contributed by atoms with Crippen LogP contribution >= 0.6 is 0 Å². The first-order chi connectivity index (χ1) is 10.0. The van der Waals surface area contributed by atoms with Crippen molar-refractivity contribution in [3.63, 3.8) is 0 Å². The van der Waals surface area contributed by atoms with Crippen LogP contribution in [0.1, 0.15) is 22.5 Å². The summed E-state index contributed by atoms with van der Waals surface area (Å²) in [6.07, 6.45) is 0.766. The van der Waals surface area contributed by atoms with Crippen LogP contribution in [0.25, 0.3) is 11.0 Å². The average molecular weight is 289 g/mol. The Bertz CT molecular complexity index is 722. The van der Waals surface area contributed by atoms with Crippen molar-refractivity contribution >= 4 is 16.9 Å². The van der Waals surface area contributed by atoms with Crippen molar-refractivity contribution in [2.75, 3.05) is 20.3 Å². The fraction of sp³-hybridized carbons (Fsp3) is 0.400. The number of nitrogens with one attached hydrogen (secondary N) is 1. The van der Waals surface area contributed by atoms with Gasteiger partial charge in [0.15, 0.2) is 0 Å². The van der Waals surface area contributed by atoms with Crippen LogP contribution in [0.2, 0.25) is 0 Å². The molecular weight excluding hydrogens is 270 g/mol. The van der Waals surface area contributed by atoms with Gasteiger partial charge in [-0.3, -0.25) is 9.59 Å². The highest BCUT2D eigenvalue weighted by Crippen LogP contribution is 2.12. The first-order valence-electron chi connectivity index (χ1n) is 6.79. The first kappa shape index (κ1) is 15.2. The summed E-state index contributed by atoms with van der Waals surface area (Å²) in [4.78, 5) is 28.1. The van der Waals surface area contributed by atoms with E-state index >= 15 is 0 Å². The molecule has 0 aliphatic rings. The van der Waals surface area contributed by atoms with Gasteiger partial charge in [0.2, 0.25) is 0 Å². The predicted molar refractivity (Wildman–Crippen MR) is 80.5 cm³/mol. The number of carbonyl (C=O) groups excluding carboxylic acids is 1. The molecule has 6 heteroatoms. The van der Waals surface area contributed by atoms with Crippen LogP contribution in [-0.4, -0.2) is 35.7 Å². The highest BCUT2D eigenvalue weighted by molar-refractivity contribution is 5.97. The molecule has 0 atom stereocenters. The minimum atomic E-state index is -0.152. The molecule has 6 nitrogen and oxygen atoms in total. The zero-order chi connectivity index (χ0) is 15.4. The summed E-state index contributed by atoms with van der Waals surface area (Å²) >= 11 is 0. The number of nitrogens with zero attached hydrogens (tertiary/aromatic N) is 2. The van der Waals surface area contributed by atoms with E-state index in [1.54, 1.807) is 39.3 Å². The molecule has 2 rings (SSSR count). The van der Waals surface area contributed by atoms with Crippen LogP contribution in [0, 0.1) is 6.92 Å². The van der Waals surface area contributed by atoms with E-state index in [1.807, 2.05) is 0 Å². The molecule has 0 aliphatic carbocycles. The topological polar surface area (TPSA) is 73.2 Å². The van der Waals surface area contributed by atoms with Gasteiger partial charge in [-0.1, -0.05) is 0 Å². The number of rotatable bonds is 5. The largest absolute Gasteiger partial charge is 0.385 e. The van der Waals surface area contributed by atoms with Gasteiger partial charge in [-0.2, -0.15) is 0 Å². The highest BCUT2D eigenvalue weighted by atomic mass is 16.5. The third-order valence-corrected chi connectivity index (χ3v) is 3.31. The fourth-order valence-electron chi connectivity index (χ4n) is 2.14. The van der Waals surface area contributed by atoms with Gasteiger partial charge in [-0.05, 0) is 31.5 Å². The first-order valence-corrected chi connectivity index (χ1v) is 6.79. The number of ether oxygens (including phenoxy) is 1. The molecule has 1 N–H and O–H groups in total. The Balaban J connectivity index is 2.25. The van der Waals surface area contributed by atoms with E-state index in [2.05, 4.69) is 10.3 Å². The summed E-state index contributed by atoms with van der Waals surface area (Å²) in [7, 11) is 3.33. The Morgan fingerprint density at radius 3 is 2.90 bits per heavy atom. The molecule has 0 bridgehead atoms. The lowest BCUT2D eigenvalue weighted by molar-refractivity contribution is 0.0948. The van der Waals surface area contributed by atoms with Crippen molar-refractivity contribution in [2.24, 2.45) is 7.05 Å².